The number of nitrogens with one attached hydrogen (secondary N) is 1. The summed E-state index contributed by atoms with van der Waals surface area (Å²) in [4.78, 5) is 6.12. The topological polar surface area (TPSA) is 24.9 Å². The summed E-state index contributed by atoms with van der Waals surface area (Å²) in [6.07, 6.45) is -0.509. The predicted octanol–water partition coefficient (Wildman–Crippen LogP) is 4.78. The summed E-state index contributed by atoms with van der Waals surface area (Å²) >= 11 is 1.73. The Hall–Kier alpha value is -1.40. The molecule has 1 fully saturated rings. The van der Waals surface area contributed by atoms with Gasteiger partial charge in [0.1, 0.15) is 0 Å². The molecule has 1 aromatic carbocycles. The van der Waals surface area contributed by atoms with Crippen LogP contribution in [0.4, 0.5) is 13.2 Å². The van der Waals surface area contributed by atoms with Gasteiger partial charge in [-0.2, -0.15) is 13.2 Å². The number of alkyl halides is 3. The molecule has 0 unspecified atom stereocenters. The number of hydrogen-bond donors (Lipinski definition) is 1. The third kappa shape index (κ3) is 3.98. The highest BCUT2D eigenvalue weighted by Crippen LogP contribution is 2.34. The SMILES string of the molecule is CCc1nc(Cc2ccc(C(F)(F)F)cc2)sc1C1CCNCC1. The lowest BCUT2D eigenvalue weighted by atomic mass is 9.95. The van der Waals surface area contributed by atoms with E-state index >= 15 is 0 Å². The minimum atomic E-state index is -4.28. The van der Waals surface area contributed by atoms with Crippen molar-refractivity contribution in [3.8, 4) is 0 Å². The van der Waals surface area contributed by atoms with Crippen LogP contribution in [-0.2, 0) is 19.0 Å². The van der Waals surface area contributed by atoms with Crippen LogP contribution in [0, 0.1) is 0 Å². The Morgan fingerprint density at radius 2 is 1.83 bits per heavy atom. The van der Waals surface area contributed by atoms with E-state index in [1.165, 1.54) is 4.88 Å². The van der Waals surface area contributed by atoms with Gasteiger partial charge in [-0.25, -0.2) is 4.98 Å². The molecule has 24 heavy (non-hydrogen) atoms. The Morgan fingerprint density at radius 3 is 2.42 bits per heavy atom. The maximum atomic E-state index is 12.6. The Morgan fingerprint density at radius 1 is 1.17 bits per heavy atom. The van der Waals surface area contributed by atoms with Crippen LogP contribution in [0.15, 0.2) is 24.3 Å². The number of hydrogen-bond acceptors (Lipinski definition) is 3. The molecule has 0 spiro atoms. The maximum Gasteiger partial charge on any atom is 0.416 e. The average molecular weight is 354 g/mol. The van der Waals surface area contributed by atoms with E-state index in [4.69, 9.17) is 4.98 Å². The minimum absolute atomic E-state index is 0.569. The Kier molecular flexibility index (Phi) is 5.25. The molecule has 0 amide bonds. The van der Waals surface area contributed by atoms with E-state index in [-0.39, 0.29) is 0 Å². The van der Waals surface area contributed by atoms with Crippen molar-refractivity contribution in [1.29, 1.82) is 0 Å². The lowest BCUT2D eigenvalue weighted by Gasteiger charge is -2.22. The van der Waals surface area contributed by atoms with Crippen LogP contribution in [0.5, 0.6) is 0 Å². The molecule has 1 N–H and O–H groups in total. The van der Waals surface area contributed by atoms with Crippen molar-refractivity contribution in [3.05, 3.63) is 51.0 Å². The number of nitrogens with zero attached hydrogens (tertiary/aromatic N) is 1. The summed E-state index contributed by atoms with van der Waals surface area (Å²) in [5.41, 5.74) is 1.43. The van der Waals surface area contributed by atoms with Crippen molar-refractivity contribution < 1.29 is 13.2 Å². The van der Waals surface area contributed by atoms with Crippen LogP contribution >= 0.6 is 11.3 Å². The number of thiazole rings is 1. The molecule has 3 rings (SSSR count). The monoisotopic (exact) mass is 354 g/mol. The summed E-state index contributed by atoms with van der Waals surface area (Å²) in [6.45, 7) is 4.20. The van der Waals surface area contributed by atoms with Gasteiger partial charge in [-0.3, -0.25) is 0 Å². The predicted molar refractivity (Wildman–Crippen MR) is 90.6 cm³/mol. The van der Waals surface area contributed by atoms with Crippen LogP contribution in [0.1, 0.15) is 52.4 Å². The van der Waals surface area contributed by atoms with E-state index in [2.05, 4.69) is 12.2 Å². The summed E-state index contributed by atoms with van der Waals surface area (Å²) in [5.74, 6) is 0.569. The first-order chi connectivity index (χ1) is 11.5. The van der Waals surface area contributed by atoms with E-state index in [0.717, 1.165) is 60.7 Å². The molecule has 1 aliphatic heterocycles. The first-order valence-corrected chi connectivity index (χ1v) is 9.14. The molecular weight excluding hydrogens is 333 g/mol. The number of aromatic nitrogens is 1. The van der Waals surface area contributed by atoms with E-state index in [9.17, 15) is 13.2 Å². The van der Waals surface area contributed by atoms with Crippen LogP contribution in [0.3, 0.4) is 0 Å². The summed E-state index contributed by atoms with van der Waals surface area (Å²) in [6, 6.07) is 5.41. The van der Waals surface area contributed by atoms with Crippen molar-refractivity contribution in [1.82, 2.24) is 10.3 Å². The van der Waals surface area contributed by atoms with E-state index in [1.807, 2.05) is 0 Å². The highest BCUT2D eigenvalue weighted by atomic mass is 32.1. The minimum Gasteiger partial charge on any atom is -0.317 e. The summed E-state index contributed by atoms with van der Waals surface area (Å²) in [7, 11) is 0. The van der Waals surface area contributed by atoms with Gasteiger partial charge >= 0.3 is 6.18 Å². The third-order valence-corrected chi connectivity index (χ3v) is 5.71. The van der Waals surface area contributed by atoms with Crippen molar-refractivity contribution in [3.63, 3.8) is 0 Å². The quantitative estimate of drug-likeness (QED) is 0.854. The molecule has 0 radical (unpaired) electrons. The van der Waals surface area contributed by atoms with Gasteiger partial charge in [-0.1, -0.05) is 19.1 Å². The number of piperidine rings is 1. The smallest absolute Gasteiger partial charge is 0.317 e. The van der Waals surface area contributed by atoms with E-state index in [0.29, 0.717) is 12.3 Å². The fraction of sp³-hybridized carbons (Fsp3) is 0.500. The third-order valence-electron chi connectivity index (χ3n) is 4.45. The van der Waals surface area contributed by atoms with Gasteiger partial charge in [0, 0.05) is 11.3 Å². The average Bonchev–Trinajstić information content (AvgIpc) is 2.98. The lowest BCUT2D eigenvalue weighted by Crippen LogP contribution is -2.26. The zero-order chi connectivity index (χ0) is 17.2. The molecule has 130 valence electrons. The number of aryl methyl sites for hydroxylation is 1. The number of halogens is 3. The summed E-state index contributed by atoms with van der Waals surface area (Å²) in [5, 5.41) is 4.38. The lowest BCUT2D eigenvalue weighted by molar-refractivity contribution is -0.137. The van der Waals surface area contributed by atoms with Gasteiger partial charge in [0.25, 0.3) is 0 Å². The molecule has 0 atom stereocenters. The first kappa shape index (κ1) is 17.4. The van der Waals surface area contributed by atoms with Gasteiger partial charge in [0.05, 0.1) is 16.3 Å². The second-order valence-corrected chi connectivity index (χ2v) is 7.28. The normalized spacial score (nSPS) is 16.5. The Bertz CT molecular complexity index is 671. The second kappa shape index (κ2) is 7.23. The van der Waals surface area contributed by atoms with Gasteiger partial charge in [0.15, 0.2) is 0 Å². The molecule has 2 nitrogen and oxygen atoms in total. The Balaban J connectivity index is 1.76. The van der Waals surface area contributed by atoms with Crippen molar-refractivity contribution >= 4 is 11.3 Å². The molecule has 1 saturated heterocycles. The highest BCUT2D eigenvalue weighted by molar-refractivity contribution is 7.11. The Labute approximate surface area is 144 Å². The number of benzene rings is 1. The molecule has 1 aliphatic rings. The molecule has 0 saturated carbocycles. The highest BCUT2D eigenvalue weighted by Gasteiger charge is 2.30. The van der Waals surface area contributed by atoms with Crippen molar-refractivity contribution in [2.24, 2.45) is 0 Å². The molecular formula is C18H21F3N2S. The second-order valence-electron chi connectivity index (χ2n) is 6.17. The van der Waals surface area contributed by atoms with E-state index < -0.39 is 11.7 Å². The van der Waals surface area contributed by atoms with Gasteiger partial charge in [-0.05, 0) is 56.0 Å². The van der Waals surface area contributed by atoms with Crippen LogP contribution < -0.4 is 5.32 Å². The molecule has 2 heterocycles. The molecule has 1 aromatic heterocycles. The molecule has 6 heteroatoms. The van der Waals surface area contributed by atoms with Crippen LogP contribution in [0.2, 0.25) is 0 Å². The largest absolute Gasteiger partial charge is 0.416 e. The van der Waals surface area contributed by atoms with Crippen molar-refractivity contribution in [2.45, 2.75) is 44.7 Å². The molecule has 0 bridgehead atoms. The molecule has 0 aliphatic carbocycles. The van der Waals surface area contributed by atoms with Gasteiger partial charge in [-0.15, -0.1) is 11.3 Å². The number of rotatable bonds is 4. The molecule has 2 aromatic rings. The van der Waals surface area contributed by atoms with Crippen LogP contribution in [0.25, 0.3) is 0 Å². The van der Waals surface area contributed by atoms with Crippen LogP contribution in [-0.4, -0.2) is 18.1 Å². The zero-order valence-corrected chi connectivity index (χ0v) is 14.4. The van der Waals surface area contributed by atoms with E-state index in [1.54, 1.807) is 23.5 Å². The summed E-state index contributed by atoms with van der Waals surface area (Å²) < 4.78 is 37.9. The standard InChI is InChI=1S/C18H21F3N2S/c1-2-15-17(13-7-9-22-10-8-13)24-16(23-15)11-12-3-5-14(6-4-12)18(19,20)21/h3-6,13,22H,2,7-11H2,1H3. The van der Waals surface area contributed by atoms with Gasteiger partial charge < -0.3 is 5.32 Å². The maximum absolute atomic E-state index is 12.6. The fourth-order valence-corrected chi connectivity index (χ4v) is 4.49. The fourth-order valence-electron chi connectivity index (χ4n) is 3.13. The first-order valence-electron chi connectivity index (χ1n) is 8.32. The van der Waals surface area contributed by atoms with Crippen molar-refractivity contribution in [2.75, 3.05) is 13.1 Å². The van der Waals surface area contributed by atoms with Gasteiger partial charge in [0.2, 0.25) is 0 Å². The zero-order valence-electron chi connectivity index (χ0n) is 13.6.